The molecule has 0 bridgehead atoms. The number of esters is 1. The molecule has 0 unspecified atom stereocenters. The van der Waals surface area contributed by atoms with Crippen LogP contribution in [0.4, 0.5) is 4.39 Å². The zero-order valence-electron chi connectivity index (χ0n) is 14.7. The summed E-state index contributed by atoms with van der Waals surface area (Å²) in [5.74, 6) is -0.940. The second-order valence-electron chi connectivity index (χ2n) is 6.13. The molecule has 0 spiro atoms. The van der Waals surface area contributed by atoms with Gasteiger partial charge in [-0.3, -0.25) is 4.57 Å². The van der Waals surface area contributed by atoms with Crippen molar-refractivity contribution in [3.05, 3.63) is 76.1 Å². The predicted molar refractivity (Wildman–Crippen MR) is 99.7 cm³/mol. The molecule has 6 nitrogen and oxygen atoms in total. The first kappa shape index (κ1) is 16.8. The van der Waals surface area contributed by atoms with Crippen LogP contribution in [0.15, 0.2) is 53.3 Å². The Morgan fingerprint density at radius 3 is 2.48 bits per heavy atom. The van der Waals surface area contributed by atoms with Gasteiger partial charge in [0.05, 0.1) is 29.5 Å². The Morgan fingerprint density at radius 2 is 1.78 bits per heavy atom. The predicted octanol–water partition coefficient (Wildman–Crippen LogP) is 3.55. The van der Waals surface area contributed by atoms with Crippen LogP contribution in [0, 0.1) is 12.7 Å². The summed E-state index contributed by atoms with van der Waals surface area (Å²) in [7, 11) is 1.29. The second-order valence-corrected chi connectivity index (χ2v) is 6.13. The van der Waals surface area contributed by atoms with Crippen molar-refractivity contribution in [1.82, 2.24) is 14.5 Å². The van der Waals surface area contributed by atoms with E-state index in [2.05, 4.69) is 9.97 Å². The third-order valence-corrected chi connectivity index (χ3v) is 4.50. The van der Waals surface area contributed by atoms with Crippen LogP contribution >= 0.6 is 0 Å². The number of hydrogen-bond acceptors (Lipinski definition) is 3. The highest BCUT2D eigenvalue weighted by Gasteiger charge is 2.26. The van der Waals surface area contributed by atoms with Crippen LogP contribution in [-0.4, -0.2) is 27.6 Å². The highest BCUT2D eigenvalue weighted by molar-refractivity contribution is 5.99. The van der Waals surface area contributed by atoms with Crippen LogP contribution < -0.4 is 5.69 Å². The number of ether oxygens (including phenoxy) is 1. The molecule has 2 heterocycles. The summed E-state index contributed by atoms with van der Waals surface area (Å²) >= 11 is 0. The minimum atomic E-state index is -0.565. The number of aryl methyl sites for hydroxylation is 1. The van der Waals surface area contributed by atoms with E-state index in [9.17, 15) is 14.0 Å². The molecule has 0 aliphatic carbocycles. The van der Waals surface area contributed by atoms with Crippen LogP contribution in [-0.2, 0) is 4.74 Å². The van der Waals surface area contributed by atoms with E-state index in [4.69, 9.17) is 4.74 Å². The average Bonchev–Trinajstić information content (AvgIpc) is 3.17. The fourth-order valence-corrected chi connectivity index (χ4v) is 3.29. The Kier molecular flexibility index (Phi) is 3.92. The summed E-state index contributed by atoms with van der Waals surface area (Å²) < 4.78 is 19.7. The number of carbonyl (C=O) groups excluding carboxylic acids is 1. The number of rotatable bonds is 3. The van der Waals surface area contributed by atoms with Gasteiger partial charge in [-0.05, 0) is 43.3 Å². The number of halogens is 1. The van der Waals surface area contributed by atoms with Crippen molar-refractivity contribution in [2.75, 3.05) is 7.11 Å². The standard InChI is InChI=1S/C20H16FN3O3/c1-11-16(19(25)27-2)18(17(22-11)12-7-9-13(21)10-8-12)24-15-6-4-3-5-14(15)23-20(24)26/h3-10,22H,1-2H3,(H,23,26). The summed E-state index contributed by atoms with van der Waals surface area (Å²) in [6, 6.07) is 13.0. The van der Waals surface area contributed by atoms with Crippen molar-refractivity contribution in [3.8, 4) is 16.9 Å². The summed E-state index contributed by atoms with van der Waals surface area (Å²) in [6.07, 6.45) is 0. The molecule has 0 fully saturated rings. The van der Waals surface area contributed by atoms with Crippen molar-refractivity contribution >= 4 is 17.0 Å². The van der Waals surface area contributed by atoms with Crippen LogP contribution in [0.5, 0.6) is 0 Å². The number of para-hydroxylation sites is 2. The Hall–Kier alpha value is -3.61. The number of carbonyl (C=O) groups is 1. The van der Waals surface area contributed by atoms with Crippen LogP contribution in [0.2, 0.25) is 0 Å². The maximum Gasteiger partial charge on any atom is 0.341 e. The molecule has 7 heteroatoms. The quantitative estimate of drug-likeness (QED) is 0.545. The molecule has 2 N–H and O–H groups in total. The van der Waals surface area contributed by atoms with Crippen molar-refractivity contribution < 1.29 is 13.9 Å². The lowest BCUT2D eigenvalue weighted by molar-refractivity contribution is 0.0600. The molecule has 136 valence electrons. The number of fused-ring (bicyclic) bond motifs is 1. The number of H-pyrrole nitrogens is 2. The van der Waals surface area contributed by atoms with Gasteiger partial charge < -0.3 is 14.7 Å². The van der Waals surface area contributed by atoms with E-state index < -0.39 is 5.97 Å². The van der Waals surface area contributed by atoms with E-state index in [1.807, 2.05) is 6.07 Å². The smallest absolute Gasteiger partial charge is 0.341 e. The van der Waals surface area contributed by atoms with Gasteiger partial charge in [-0.25, -0.2) is 14.0 Å². The Balaban J connectivity index is 2.11. The first-order chi connectivity index (χ1) is 13.0. The Labute approximate surface area is 153 Å². The average molecular weight is 365 g/mol. The number of imidazole rings is 1. The molecule has 0 saturated carbocycles. The summed E-state index contributed by atoms with van der Waals surface area (Å²) in [6.45, 7) is 1.72. The minimum Gasteiger partial charge on any atom is -0.465 e. The maximum absolute atomic E-state index is 13.4. The van der Waals surface area contributed by atoms with Gasteiger partial charge in [0.25, 0.3) is 0 Å². The third kappa shape index (κ3) is 2.64. The van der Waals surface area contributed by atoms with Crippen molar-refractivity contribution in [3.63, 3.8) is 0 Å². The van der Waals surface area contributed by atoms with E-state index in [-0.39, 0.29) is 17.1 Å². The molecule has 2 aromatic heterocycles. The fourth-order valence-electron chi connectivity index (χ4n) is 3.29. The largest absolute Gasteiger partial charge is 0.465 e. The first-order valence-electron chi connectivity index (χ1n) is 8.28. The molecule has 0 atom stereocenters. The molecule has 2 aromatic carbocycles. The molecule has 0 radical (unpaired) electrons. The molecule has 0 aliphatic heterocycles. The van der Waals surface area contributed by atoms with Crippen LogP contribution in [0.3, 0.4) is 0 Å². The van der Waals surface area contributed by atoms with Crippen LogP contribution in [0.1, 0.15) is 16.1 Å². The van der Waals surface area contributed by atoms with E-state index in [0.717, 1.165) is 0 Å². The summed E-state index contributed by atoms with van der Waals surface area (Å²) in [5.41, 5.74) is 3.22. The highest BCUT2D eigenvalue weighted by atomic mass is 19.1. The van der Waals surface area contributed by atoms with Gasteiger partial charge in [-0.1, -0.05) is 12.1 Å². The Morgan fingerprint density at radius 1 is 1.07 bits per heavy atom. The zero-order valence-corrected chi connectivity index (χ0v) is 14.7. The fraction of sp³-hybridized carbons (Fsp3) is 0.100. The number of methoxy groups -OCH3 is 1. The lowest BCUT2D eigenvalue weighted by atomic mass is 10.1. The molecular formula is C20H16FN3O3. The van der Waals surface area contributed by atoms with E-state index in [0.29, 0.717) is 33.7 Å². The first-order valence-corrected chi connectivity index (χ1v) is 8.28. The molecule has 4 aromatic rings. The van der Waals surface area contributed by atoms with Crippen LogP contribution in [0.25, 0.3) is 28.0 Å². The summed E-state index contributed by atoms with van der Waals surface area (Å²) in [4.78, 5) is 31.1. The Bertz CT molecular complexity index is 1220. The van der Waals surface area contributed by atoms with Gasteiger partial charge in [0.2, 0.25) is 0 Å². The van der Waals surface area contributed by atoms with Gasteiger partial charge >= 0.3 is 11.7 Å². The lowest BCUT2D eigenvalue weighted by Crippen LogP contribution is -2.18. The third-order valence-electron chi connectivity index (χ3n) is 4.50. The van der Waals surface area contributed by atoms with Crippen molar-refractivity contribution in [2.45, 2.75) is 6.92 Å². The molecule has 0 aliphatic rings. The highest BCUT2D eigenvalue weighted by Crippen LogP contribution is 2.33. The number of nitrogens with zero attached hydrogens (tertiary/aromatic N) is 1. The van der Waals surface area contributed by atoms with E-state index >= 15 is 0 Å². The number of benzene rings is 2. The SMILES string of the molecule is COC(=O)c1c(C)[nH]c(-c2ccc(F)cc2)c1-n1c(=O)[nH]c2ccccc21. The summed E-state index contributed by atoms with van der Waals surface area (Å²) in [5, 5.41) is 0. The number of aromatic amines is 2. The van der Waals surface area contributed by atoms with Crippen molar-refractivity contribution in [1.29, 1.82) is 0 Å². The number of hydrogen-bond donors (Lipinski definition) is 2. The van der Waals surface area contributed by atoms with Crippen molar-refractivity contribution in [2.24, 2.45) is 0 Å². The second kappa shape index (κ2) is 6.28. The van der Waals surface area contributed by atoms with Gasteiger partial charge in [-0.15, -0.1) is 0 Å². The van der Waals surface area contributed by atoms with E-state index in [1.54, 1.807) is 37.3 Å². The molecule has 4 rings (SSSR count). The lowest BCUT2D eigenvalue weighted by Gasteiger charge is -2.09. The van der Waals surface area contributed by atoms with Gasteiger partial charge in [0.15, 0.2) is 0 Å². The topological polar surface area (TPSA) is 79.9 Å². The molecular weight excluding hydrogens is 349 g/mol. The normalized spacial score (nSPS) is 11.1. The maximum atomic E-state index is 13.4. The van der Waals surface area contributed by atoms with Gasteiger partial charge in [-0.2, -0.15) is 0 Å². The van der Waals surface area contributed by atoms with Gasteiger partial charge in [0, 0.05) is 11.3 Å². The monoisotopic (exact) mass is 365 g/mol. The van der Waals surface area contributed by atoms with Gasteiger partial charge in [0.1, 0.15) is 11.4 Å². The molecule has 0 saturated heterocycles. The van der Waals surface area contributed by atoms with E-state index in [1.165, 1.54) is 23.8 Å². The number of aromatic nitrogens is 3. The molecule has 0 amide bonds. The number of nitrogens with one attached hydrogen (secondary N) is 2. The molecule has 27 heavy (non-hydrogen) atoms. The zero-order chi connectivity index (χ0) is 19.1. The minimum absolute atomic E-state index is 0.253.